The van der Waals surface area contributed by atoms with Gasteiger partial charge in [0.25, 0.3) is 11.5 Å². The van der Waals surface area contributed by atoms with Crippen LogP contribution in [0.25, 0.3) is 0 Å². The number of nitrogens with one attached hydrogen (secondary N) is 1. The lowest BCUT2D eigenvalue weighted by Gasteiger charge is -2.43. The molecule has 1 aliphatic carbocycles. The van der Waals surface area contributed by atoms with Gasteiger partial charge in [0.1, 0.15) is 12.2 Å². The van der Waals surface area contributed by atoms with Crippen LogP contribution in [0.3, 0.4) is 0 Å². The lowest BCUT2D eigenvalue weighted by molar-refractivity contribution is -0.148. The third-order valence-corrected chi connectivity index (χ3v) is 5.29. The molecule has 0 bridgehead atoms. The molecule has 1 saturated carbocycles. The van der Waals surface area contributed by atoms with Gasteiger partial charge in [-0.2, -0.15) is 0 Å². The Kier molecular flexibility index (Phi) is 4.91. The van der Waals surface area contributed by atoms with Gasteiger partial charge in [0, 0.05) is 19.9 Å². The summed E-state index contributed by atoms with van der Waals surface area (Å²) >= 11 is 0. The molecule has 1 saturated heterocycles. The Hall–Kier alpha value is -2.19. The summed E-state index contributed by atoms with van der Waals surface area (Å²) in [5.74, 6) is -1.34. The van der Waals surface area contributed by atoms with Crippen molar-refractivity contribution >= 4 is 11.9 Å². The Morgan fingerprint density at radius 3 is 2.92 bits per heavy atom. The molecule has 2 heterocycles. The van der Waals surface area contributed by atoms with Gasteiger partial charge < -0.3 is 24.5 Å². The minimum Gasteiger partial charge on any atom is -0.480 e. The maximum atomic E-state index is 12.9. The van der Waals surface area contributed by atoms with Gasteiger partial charge in [-0.1, -0.05) is 0 Å². The number of ether oxygens (including phenoxy) is 2. The molecule has 0 spiro atoms. The molecule has 2 fully saturated rings. The number of methoxy groups -OCH3 is 1. The molecule has 1 amide bonds. The van der Waals surface area contributed by atoms with E-state index < -0.39 is 17.1 Å². The molecule has 8 heteroatoms. The Labute approximate surface area is 144 Å². The van der Waals surface area contributed by atoms with Crippen molar-refractivity contribution in [3.63, 3.8) is 0 Å². The summed E-state index contributed by atoms with van der Waals surface area (Å²) in [6.07, 6.45) is 3.80. The smallest absolute Gasteiger partial charge is 0.329 e. The maximum absolute atomic E-state index is 12.9. The Morgan fingerprint density at radius 1 is 1.44 bits per heavy atom. The number of H-pyrrole nitrogens is 1. The summed E-state index contributed by atoms with van der Waals surface area (Å²) in [5, 5.41) is 8.80. The van der Waals surface area contributed by atoms with E-state index in [2.05, 4.69) is 4.98 Å². The number of aromatic amines is 1. The predicted octanol–water partition coefficient (Wildman–Crippen LogP) is 0.628. The highest BCUT2D eigenvalue weighted by atomic mass is 16.5. The first-order chi connectivity index (χ1) is 12.0. The molecule has 2 aliphatic rings. The number of carbonyl (C=O) groups excluding carboxylic acids is 1. The summed E-state index contributed by atoms with van der Waals surface area (Å²) in [6.45, 7) is 0.140. The molecule has 3 atom stereocenters. The number of carboxylic acids is 1. The minimum atomic E-state index is -1.02. The van der Waals surface area contributed by atoms with Crippen molar-refractivity contribution in [1.29, 1.82) is 0 Å². The molecule has 0 unspecified atom stereocenters. The topological polar surface area (TPSA) is 109 Å². The summed E-state index contributed by atoms with van der Waals surface area (Å²) in [6, 6.07) is 2.89. The fourth-order valence-electron chi connectivity index (χ4n) is 3.99. The lowest BCUT2D eigenvalue weighted by Crippen LogP contribution is -2.53. The number of carboxylic acid groups (broad SMARTS) is 1. The average Bonchev–Trinajstić information content (AvgIpc) is 2.99. The van der Waals surface area contributed by atoms with E-state index in [9.17, 15) is 14.4 Å². The monoisotopic (exact) mass is 350 g/mol. The highest BCUT2D eigenvalue weighted by Gasteiger charge is 2.53. The van der Waals surface area contributed by atoms with E-state index in [0.717, 1.165) is 0 Å². The zero-order chi connectivity index (χ0) is 18.0. The van der Waals surface area contributed by atoms with Crippen LogP contribution in [-0.2, 0) is 14.3 Å². The largest absolute Gasteiger partial charge is 0.480 e. The molecular formula is C17H22N2O6. The first-order valence-electron chi connectivity index (χ1n) is 8.34. The number of hydrogen-bond donors (Lipinski definition) is 2. The van der Waals surface area contributed by atoms with Crippen molar-refractivity contribution in [3.05, 3.63) is 34.2 Å². The second kappa shape index (κ2) is 6.97. The van der Waals surface area contributed by atoms with Crippen LogP contribution in [0.5, 0.6) is 0 Å². The van der Waals surface area contributed by atoms with Crippen molar-refractivity contribution in [3.8, 4) is 0 Å². The minimum absolute atomic E-state index is 0.1000. The van der Waals surface area contributed by atoms with Crippen LogP contribution in [0.4, 0.5) is 0 Å². The van der Waals surface area contributed by atoms with Crippen molar-refractivity contribution in [2.24, 2.45) is 0 Å². The van der Waals surface area contributed by atoms with E-state index >= 15 is 0 Å². The predicted molar refractivity (Wildman–Crippen MR) is 87.5 cm³/mol. The van der Waals surface area contributed by atoms with Crippen molar-refractivity contribution in [2.75, 3.05) is 20.3 Å². The summed E-state index contributed by atoms with van der Waals surface area (Å²) in [7, 11) is 1.63. The molecule has 3 rings (SSSR count). The quantitative estimate of drug-likeness (QED) is 0.806. The van der Waals surface area contributed by atoms with Crippen molar-refractivity contribution in [1.82, 2.24) is 9.88 Å². The van der Waals surface area contributed by atoms with E-state index in [1.807, 2.05) is 0 Å². The molecule has 0 radical (unpaired) electrons. The molecule has 8 nitrogen and oxygen atoms in total. The van der Waals surface area contributed by atoms with Gasteiger partial charge in [0.15, 0.2) is 0 Å². The highest BCUT2D eigenvalue weighted by Crippen LogP contribution is 2.43. The number of aromatic nitrogens is 1. The first kappa shape index (κ1) is 17.6. The molecule has 25 heavy (non-hydrogen) atoms. The lowest BCUT2D eigenvalue weighted by atomic mass is 9.79. The number of carbonyl (C=O) groups is 2. The van der Waals surface area contributed by atoms with E-state index in [1.54, 1.807) is 18.1 Å². The van der Waals surface area contributed by atoms with Crippen LogP contribution in [0.15, 0.2) is 23.1 Å². The van der Waals surface area contributed by atoms with E-state index in [1.165, 1.54) is 12.3 Å². The number of rotatable bonds is 5. The fraction of sp³-hybridized carbons (Fsp3) is 0.588. The maximum Gasteiger partial charge on any atom is 0.329 e. The van der Waals surface area contributed by atoms with Crippen LogP contribution in [0.1, 0.15) is 36.0 Å². The van der Waals surface area contributed by atoms with Crippen LogP contribution in [0, 0.1) is 0 Å². The number of amides is 1. The highest BCUT2D eigenvalue weighted by molar-refractivity contribution is 5.94. The first-order valence-corrected chi connectivity index (χ1v) is 8.34. The molecule has 1 aromatic heterocycles. The Balaban J connectivity index is 1.81. The Morgan fingerprint density at radius 2 is 2.24 bits per heavy atom. The van der Waals surface area contributed by atoms with Gasteiger partial charge in [-0.3, -0.25) is 9.59 Å². The number of pyridine rings is 1. The molecule has 2 N–H and O–H groups in total. The number of likely N-dealkylation sites (tertiary alicyclic amines) is 1. The summed E-state index contributed by atoms with van der Waals surface area (Å²) in [4.78, 5) is 39.7. The SMILES string of the molecule is CO[C@@]12CC[C@H](OCC(=O)O)C[C@@H]1N(C(=O)c1ccc[nH]c1=O)CC2. The molecule has 1 aliphatic heterocycles. The van der Waals surface area contributed by atoms with Crippen molar-refractivity contribution in [2.45, 2.75) is 43.4 Å². The third kappa shape index (κ3) is 3.32. The van der Waals surface area contributed by atoms with E-state index in [-0.39, 0.29) is 30.2 Å². The number of aliphatic carboxylic acids is 1. The fourth-order valence-corrected chi connectivity index (χ4v) is 3.99. The number of nitrogens with zero attached hydrogens (tertiary/aromatic N) is 1. The van der Waals surface area contributed by atoms with Gasteiger partial charge in [-0.15, -0.1) is 0 Å². The normalized spacial score (nSPS) is 28.6. The summed E-state index contributed by atoms with van der Waals surface area (Å²) in [5.41, 5.74) is -0.778. The van der Waals surface area contributed by atoms with Gasteiger partial charge in [-0.05, 0) is 37.8 Å². The molecular weight excluding hydrogens is 328 g/mol. The van der Waals surface area contributed by atoms with Crippen LogP contribution in [0.2, 0.25) is 0 Å². The zero-order valence-electron chi connectivity index (χ0n) is 14.1. The van der Waals surface area contributed by atoms with Crippen LogP contribution in [-0.4, -0.2) is 64.9 Å². The average molecular weight is 350 g/mol. The standard InChI is InChI=1S/C17H22N2O6/c1-24-17-5-4-11(25-10-14(20)21)9-13(17)19(8-6-17)16(23)12-3-2-7-18-15(12)22/h2-3,7,11,13H,4-6,8-10H2,1H3,(H,18,22)(H,20,21)/t11-,13-,17+/m0/s1. The summed E-state index contributed by atoms with van der Waals surface area (Å²) < 4.78 is 11.2. The van der Waals surface area contributed by atoms with Gasteiger partial charge >= 0.3 is 5.97 Å². The zero-order valence-corrected chi connectivity index (χ0v) is 14.1. The van der Waals surface area contributed by atoms with Gasteiger partial charge in [-0.25, -0.2) is 4.79 Å². The Bertz CT molecular complexity index is 717. The van der Waals surface area contributed by atoms with Gasteiger partial charge in [0.2, 0.25) is 0 Å². The van der Waals surface area contributed by atoms with Crippen LogP contribution < -0.4 is 5.56 Å². The van der Waals surface area contributed by atoms with Gasteiger partial charge in [0.05, 0.1) is 17.7 Å². The van der Waals surface area contributed by atoms with Crippen molar-refractivity contribution < 1.29 is 24.2 Å². The second-order valence-electron chi connectivity index (χ2n) is 6.55. The van der Waals surface area contributed by atoms with Crippen LogP contribution >= 0.6 is 0 Å². The third-order valence-electron chi connectivity index (χ3n) is 5.29. The second-order valence-corrected chi connectivity index (χ2v) is 6.55. The molecule has 0 aromatic carbocycles. The number of fused-ring (bicyclic) bond motifs is 1. The molecule has 1 aromatic rings. The molecule has 136 valence electrons. The number of hydrogen-bond acceptors (Lipinski definition) is 5. The van der Waals surface area contributed by atoms with E-state index in [0.29, 0.717) is 32.2 Å². The van der Waals surface area contributed by atoms with E-state index in [4.69, 9.17) is 14.6 Å².